The number of carbonyl (C=O) groups excluding carboxylic acids is 1. The quantitative estimate of drug-likeness (QED) is 0.458. The summed E-state index contributed by atoms with van der Waals surface area (Å²) >= 11 is 0. The van der Waals surface area contributed by atoms with Crippen molar-refractivity contribution in [3.05, 3.63) is 59.4 Å². The lowest BCUT2D eigenvalue weighted by atomic mass is 9.95. The van der Waals surface area contributed by atoms with Crippen LogP contribution in [0.1, 0.15) is 16.8 Å². The molecule has 34 heavy (non-hydrogen) atoms. The normalized spacial score (nSPS) is 16.2. The second-order valence-corrected chi connectivity index (χ2v) is 10.3. The SMILES string of the molecule is COc1ccc2c(c1)C[C@@H](C(=O)Nc1ccc(-c3cn[nH]c3C)cc1S(=O)CCN(C)C)NC2. The second kappa shape index (κ2) is 10.5. The molecule has 9 heteroatoms. The third-order valence-corrected chi connectivity index (χ3v) is 7.42. The molecule has 2 aromatic carbocycles. The summed E-state index contributed by atoms with van der Waals surface area (Å²) < 4.78 is 18.6. The molecule has 2 atom stereocenters. The lowest BCUT2D eigenvalue weighted by Crippen LogP contribution is -2.44. The summed E-state index contributed by atoms with van der Waals surface area (Å²) in [7, 11) is 4.26. The van der Waals surface area contributed by atoms with Gasteiger partial charge in [-0.1, -0.05) is 12.1 Å². The van der Waals surface area contributed by atoms with E-state index in [2.05, 4.69) is 20.8 Å². The van der Waals surface area contributed by atoms with E-state index < -0.39 is 16.8 Å². The molecule has 8 nitrogen and oxygen atoms in total. The van der Waals surface area contributed by atoms with Gasteiger partial charge in [0.15, 0.2) is 0 Å². The Kier molecular flexibility index (Phi) is 7.45. The average Bonchev–Trinajstić information content (AvgIpc) is 3.27. The Morgan fingerprint density at radius 1 is 1.24 bits per heavy atom. The lowest BCUT2D eigenvalue weighted by molar-refractivity contribution is -0.118. The van der Waals surface area contributed by atoms with Crippen molar-refractivity contribution in [2.24, 2.45) is 0 Å². The topological polar surface area (TPSA) is 99.3 Å². The number of nitrogens with one attached hydrogen (secondary N) is 3. The first kappa shape index (κ1) is 24.1. The first-order valence-corrected chi connectivity index (χ1v) is 12.5. The largest absolute Gasteiger partial charge is 0.497 e. The van der Waals surface area contributed by atoms with E-state index in [1.165, 1.54) is 0 Å². The first-order chi connectivity index (χ1) is 16.4. The van der Waals surface area contributed by atoms with Crippen molar-refractivity contribution in [1.29, 1.82) is 0 Å². The van der Waals surface area contributed by atoms with Gasteiger partial charge in [-0.25, -0.2) is 0 Å². The van der Waals surface area contributed by atoms with Gasteiger partial charge in [0.2, 0.25) is 5.91 Å². The number of nitrogens with zero attached hydrogens (tertiary/aromatic N) is 2. The summed E-state index contributed by atoms with van der Waals surface area (Å²) in [6.45, 7) is 3.23. The first-order valence-electron chi connectivity index (χ1n) is 11.2. The molecule has 4 rings (SSSR count). The fourth-order valence-electron chi connectivity index (χ4n) is 4.02. The van der Waals surface area contributed by atoms with Gasteiger partial charge < -0.3 is 20.3 Å². The van der Waals surface area contributed by atoms with E-state index in [1.54, 1.807) is 13.3 Å². The molecular formula is C25H31N5O3S. The van der Waals surface area contributed by atoms with Gasteiger partial charge >= 0.3 is 0 Å². The van der Waals surface area contributed by atoms with E-state index in [4.69, 9.17) is 4.74 Å². The molecule has 0 aliphatic carbocycles. The highest BCUT2D eigenvalue weighted by Crippen LogP contribution is 2.30. The third kappa shape index (κ3) is 5.38. The Bertz CT molecular complexity index is 1210. The molecule has 0 saturated heterocycles. The zero-order chi connectivity index (χ0) is 24.2. The van der Waals surface area contributed by atoms with Crippen LogP contribution >= 0.6 is 0 Å². The lowest BCUT2D eigenvalue weighted by Gasteiger charge is -2.26. The summed E-state index contributed by atoms with van der Waals surface area (Å²) in [5.41, 5.74) is 5.62. The third-order valence-electron chi connectivity index (χ3n) is 6.04. The zero-order valence-corrected chi connectivity index (χ0v) is 20.8. The highest BCUT2D eigenvalue weighted by molar-refractivity contribution is 7.85. The summed E-state index contributed by atoms with van der Waals surface area (Å²) in [5, 5.41) is 13.4. The number of benzene rings is 2. The highest BCUT2D eigenvalue weighted by atomic mass is 32.2. The number of ether oxygens (including phenoxy) is 1. The van der Waals surface area contributed by atoms with Crippen LogP contribution in [-0.2, 0) is 28.6 Å². The Balaban J connectivity index is 1.58. The molecule has 180 valence electrons. The highest BCUT2D eigenvalue weighted by Gasteiger charge is 2.26. The van der Waals surface area contributed by atoms with Crippen molar-refractivity contribution >= 4 is 22.4 Å². The number of anilines is 1. The van der Waals surface area contributed by atoms with E-state index in [1.807, 2.05) is 62.3 Å². The van der Waals surface area contributed by atoms with Crippen LogP contribution in [0.3, 0.4) is 0 Å². The fraction of sp³-hybridized carbons (Fsp3) is 0.360. The number of hydrogen-bond donors (Lipinski definition) is 3. The Labute approximate surface area is 202 Å². The number of methoxy groups -OCH3 is 1. The minimum absolute atomic E-state index is 0.147. The van der Waals surface area contributed by atoms with Crippen LogP contribution in [0.4, 0.5) is 5.69 Å². The van der Waals surface area contributed by atoms with Gasteiger partial charge in [-0.15, -0.1) is 0 Å². The minimum Gasteiger partial charge on any atom is -0.497 e. The molecule has 0 spiro atoms. The van der Waals surface area contributed by atoms with Crippen molar-refractivity contribution in [2.45, 2.75) is 30.8 Å². The van der Waals surface area contributed by atoms with Crippen LogP contribution in [0, 0.1) is 6.92 Å². The zero-order valence-electron chi connectivity index (χ0n) is 20.0. The molecule has 3 aromatic rings. The smallest absolute Gasteiger partial charge is 0.241 e. The molecule has 3 N–H and O–H groups in total. The summed E-state index contributed by atoms with van der Waals surface area (Å²) in [4.78, 5) is 15.8. The van der Waals surface area contributed by atoms with Crippen LogP contribution < -0.4 is 15.4 Å². The van der Waals surface area contributed by atoms with Crippen LogP contribution in [-0.4, -0.2) is 64.8 Å². The second-order valence-electron chi connectivity index (χ2n) is 8.73. The number of H-pyrrole nitrogens is 1. The van der Waals surface area contributed by atoms with Crippen LogP contribution in [0.5, 0.6) is 5.75 Å². The van der Waals surface area contributed by atoms with E-state index in [0.717, 1.165) is 33.7 Å². The maximum atomic E-state index is 13.2. The maximum Gasteiger partial charge on any atom is 0.241 e. The number of rotatable bonds is 8. The molecule has 1 unspecified atom stereocenters. The Morgan fingerprint density at radius 3 is 2.76 bits per heavy atom. The van der Waals surface area contributed by atoms with Crippen molar-refractivity contribution in [3.8, 4) is 16.9 Å². The molecule has 0 saturated carbocycles. The van der Waals surface area contributed by atoms with E-state index in [-0.39, 0.29) is 5.91 Å². The molecule has 1 aliphatic rings. The molecule has 0 radical (unpaired) electrons. The number of carbonyl (C=O) groups is 1. The molecular weight excluding hydrogens is 450 g/mol. The predicted octanol–water partition coefficient (Wildman–Crippen LogP) is 2.72. The van der Waals surface area contributed by atoms with Crippen molar-refractivity contribution in [1.82, 2.24) is 20.4 Å². The molecule has 1 aliphatic heterocycles. The van der Waals surface area contributed by atoms with Crippen LogP contribution in [0.25, 0.3) is 11.1 Å². The molecule has 2 heterocycles. The van der Waals surface area contributed by atoms with Gasteiger partial charge in [0, 0.05) is 30.1 Å². The maximum absolute atomic E-state index is 13.2. The van der Waals surface area contributed by atoms with Crippen molar-refractivity contribution in [2.75, 3.05) is 38.8 Å². The van der Waals surface area contributed by atoms with Crippen LogP contribution in [0.15, 0.2) is 47.5 Å². The minimum atomic E-state index is -1.28. The Morgan fingerprint density at radius 2 is 2.06 bits per heavy atom. The van der Waals surface area contributed by atoms with Crippen molar-refractivity contribution in [3.63, 3.8) is 0 Å². The van der Waals surface area contributed by atoms with E-state index in [0.29, 0.717) is 35.8 Å². The monoisotopic (exact) mass is 481 g/mol. The number of hydrogen-bond acceptors (Lipinski definition) is 6. The van der Waals surface area contributed by atoms with Crippen molar-refractivity contribution < 1.29 is 13.7 Å². The van der Waals surface area contributed by atoms with Gasteiger partial charge in [-0.2, -0.15) is 5.10 Å². The molecule has 0 fully saturated rings. The van der Waals surface area contributed by atoms with Gasteiger partial charge in [0.05, 0.1) is 40.7 Å². The molecule has 1 aromatic heterocycles. The number of aromatic nitrogens is 2. The molecule has 1 amide bonds. The van der Waals surface area contributed by atoms with Gasteiger partial charge in [0.25, 0.3) is 0 Å². The van der Waals surface area contributed by atoms with E-state index in [9.17, 15) is 9.00 Å². The number of fused-ring (bicyclic) bond motifs is 1. The van der Waals surface area contributed by atoms with E-state index >= 15 is 0 Å². The summed E-state index contributed by atoms with van der Waals surface area (Å²) in [6.07, 6.45) is 2.32. The van der Waals surface area contributed by atoms with Gasteiger partial charge in [0.1, 0.15) is 5.75 Å². The average molecular weight is 482 g/mol. The number of aromatic amines is 1. The summed E-state index contributed by atoms with van der Waals surface area (Å²) in [5.74, 6) is 1.11. The number of aryl methyl sites for hydroxylation is 1. The predicted molar refractivity (Wildman–Crippen MR) is 135 cm³/mol. The fourth-order valence-corrected chi connectivity index (χ4v) is 5.39. The standard InChI is InChI=1S/C25H31N5O3S/c1-16-21(15-27-29-16)17-6-8-22(24(13-17)34(32)10-9-30(2)3)28-25(31)23-12-19-11-20(33-4)7-5-18(19)14-26-23/h5-8,11,13,15,23,26H,9-10,12,14H2,1-4H3,(H,27,29)(H,28,31)/t23-,34?/m0/s1. The Hall–Kier alpha value is -3.01. The van der Waals surface area contributed by atoms with Gasteiger partial charge in [-0.3, -0.25) is 14.1 Å². The van der Waals surface area contributed by atoms with Gasteiger partial charge in [-0.05, 0) is 68.4 Å². The number of amides is 1. The van der Waals surface area contributed by atoms with Crippen LogP contribution in [0.2, 0.25) is 0 Å². The molecule has 0 bridgehead atoms. The summed E-state index contributed by atoms with van der Waals surface area (Å²) in [6, 6.07) is 11.2.